The van der Waals surface area contributed by atoms with Crippen molar-refractivity contribution in [2.45, 2.75) is 13.3 Å². The lowest BCUT2D eigenvalue weighted by molar-refractivity contribution is -0.118. The molecule has 0 fully saturated rings. The molecule has 5 nitrogen and oxygen atoms in total. The number of carboxylic acid groups (broad SMARTS) is 1. The summed E-state index contributed by atoms with van der Waals surface area (Å²) >= 11 is 0. The summed E-state index contributed by atoms with van der Waals surface area (Å²) in [5.74, 6) is -0.251. The van der Waals surface area contributed by atoms with Gasteiger partial charge in [0, 0.05) is 13.5 Å². The third-order valence-corrected chi connectivity index (χ3v) is 4.46. The Bertz CT molecular complexity index is 1010. The highest BCUT2D eigenvalue weighted by molar-refractivity contribution is 5.93. The molecule has 0 aliphatic carbocycles. The number of nitrogens with one attached hydrogen (secondary N) is 1. The molecule has 0 aliphatic rings. The van der Waals surface area contributed by atoms with E-state index in [9.17, 15) is 14.7 Å². The SMILES string of the molecule is COc1ccc2cc(-c3cccc(C(=O)O)c3)cc(CCNC(C)=O)c2c1. The van der Waals surface area contributed by atoms with Crippen molar-refractivity contribution in [2.24, 2.45) is 0 Å². The van der Waals surface area contributed by atoms with E-state index in [-0.39, 0.29) is 11.5 Å². The van der Waals surface area contributed by atoms with Crippen LogP contribution >= 0.6 is 0 Å². The summed E-state index contributed by atoms with van der Waals surface area (Å²) in [7, 11) is 1.63. The van der Waals surface area contributed by atoms with Crippen LogP contribution in [0.15, 0.2) is 54.6 Å². The number of hydrogen-bond donors (Lipinski definition) is 2. The molecule has 0 saturated heterocycles. The summed E-state index contributed by atoms with van der Waals surface area (Å²) in [4.78, 5) is 22.5. The number of methoxy groups -OCH3 is 1. The zero-order valence-electron chi connectivity index (χ0n) is 15.3. The number of carbonyl (C=O) groups excluding carboxylic acids is 1. The third-order valence-electron chi connectivity index (χ3n) is 4.46. The summed E-state index contributed by atoms with van der Waals surface area (Å²) in [5.41, 5.74) is 3.10. The second-order valence-electron chi connectivity index (χ2n) is 6.34. The van der Waals surface area contributed by atoms with Crippen molar-refractivity contribution in [3.63, 3.8) is 0 Å². The van der Waals surface area contributed by atoms with Gasteiger partial charge in [-0.1, -0.05) is 24.3 Å². The number of carbonyl (C=O) groups is 2. The molecule has 3 aromatic rings. The number of ether oxygens (including phenoxy) is 1. The zero-order chi connectivity index (χ0) is 19.4. The van der Waals surface area contributed by atoms with Crippen LogP contribution in [0.4, 0.5) is 0 Å². The first-order valence-corrected chi connectivity index (χ1v) is 8.67. The summed E-state index contributed by atoms with van der Waals surface area (Å²) in [6, 6.07) is 16.8. The predicted octanol–water partition coefficient (Wildman–Crippen LogP) is 3.89. The number of fused-ring (bicyclic) bond motifs is 1. The van der Waals surface area contributed by atoms with E-state index in [1.165, 1.54) is 6.92 Å². The normalized spacial score (nSPS) is 10.6. The number of amides is 1. The Labute approximate surface area is 157 Å². The van der Waals surface area contributed by atoms with Crippen molar-refractivity contribution in [2.75, 3.05) is 13.7 Å². The fraction of sp³-hybridized carbons (Fsp3) is 0.182. The molecule has 1 amide bonds. The Kier molecular flexibility index (Phi) is 5.41. The lowest BCUT2D eigenvalue weighted by atomic mass is 9.94. The molecule has 0 unspecified atom stereocenters. The van der Waals surface area contributed by atoms with Gasteiger partial charge in [0.05, 0.1) is 12.7 Å². The van der Waals surface area contributed by atoms with Gasteiger partial charge in [-0.15, -0.1) is 0 Å². The van der Waals surface area contributed by atoms with Gasteiger partial charge in [0.15, 0.2) is 0 Å². The van der Waals surface area contributed by atoms with Gasteiger partial charge < -0.3 is 15.2 Å². The quantitative estimate of drug-likeness (QED) is 0.697. The van der Waals surface area contributed by atoms with Crippen molar-refractivity contribution in [3.05, 3.63) is 65.7 Å². The van der Waals surface area contributed by atoms with Crippen LogP contribution < -0.4 is 10.1 Å². The van der Waals surface area contributed by atoms with E-state index in [0.717, 1.165) is 33.2 Å². The van der Waals surface area contributed by atoms with E-state index >= 15 is 0 Å². The Balaban J connectivity index is 2.09. The standard InChI is InChI=1S/C22H21NO4/c1-14(24)23-9-8-17-12-19(15-4-3-5-18(10-15)22(25)26)11-16-6-7-20(27-2)13-21(16)17/h3-7,10-13H,8-9H2,1-2H3,(H,23,24)(H,25,26). The summed E-state index contributed by atoms with van der Waals surface area (Å²) < 4.78 is 5.34. The second-order valence-corrected chi connectivity index (χ2v) is 6.34. The van der Waals surface area contributed by atoms with Gasteiger partial charge >= 0.3 is 5.97 Å². The molecule has 0 radical (unpaired) electrons. The first-order valence-electron chi connectivity index (χ1n) is 8.67. The van der Waals surface area contributed by atoms with Gasteiger partial charge in [0.25, 0.3) is 0 Å². The van der Waals surface area contributed by atoms with Gasteiger partial charge in [-0.25, -0.2) is 4.79 Å². The Morgan fingerprint density at radius 3 is 2.56 bits per heavy atom. The van der Waals surface area contributed by atoms with Crippen molar-refractivity contribution in [3.8, 4) is 16.9 Å². The number of carboxylic acids is 1. The maximum Gasteiger partial charge on any atom is 0.335 e. The van der Waals surface area contributed by atoms with Gasteiger partial charge in [-0.2, -0.15) is 0 Å². The van der Waals surface area contributed by atoms with Gasteiger partial charge in [0.1, 0.15) is 5.75 Å². The largest absolute Gasteiger partial charge is 0.497 e. The van der Waals surface area contributed by atoms with Crippen molar-refractivity contribution < 1.29 is 19.4 Å². The Hall–Kier alpha value is -3.34. The summed E-state index contributed by atoms with van der Waals surface area (Å²) in [6.07, 6.45) is 0.662. The lowest BCUT2D eigenvalue weighted by Crippen LogP contribution is -2.22. The van der Waals surface area contributed by atoms with Crippen LogP contribution in [0.1, 0.15) is 22.8 Å². The molecular formula is C22H21NO4. The van der Waals surface area contributed by atoms with Gasteiger partial charge in [-0.3, -0.25) is 4.79 Å². The van der Waals surface area contributed by atoms with E-state index < -0.39 is 5.97 Å². The fourth-order valence-electron chi connectivity index (χ4n) is 3.12. The smallest absolute Gasteiger partial charge is 0.335 e. The third kappa shape index (κ3) is 4.26. The zero-order valence-corrected chi connectivity index (χ0v) is 15.3. The topological polar surface area (TPSA) is 75.6 Å². The van der Waals surface area contributed by atoms with Crippen molar-refractivity contribution in [1.29, 1.82) is 0 Å². The molecule has 0 atom stereocenters. The number of aromatic carboxylic acids is 1. The molecule has 0 bridgehead atoms. The highest BCUT2D eigenvalue weighted by atomic mass is 16.5. The van der Waals surface area contributed by atoms with E-state index in [4.69, 9.17) is 4.74 Å². The maximum absolute atomic E-state index is 11.3. The molecule has 27 heavy (non-hydrogen) atoms. The van der Waals surface area contributed by atoms with Crippen LogP contribution in [0.2, 0.25) is 0 Å². The molecule has 3 aromatic carbocycles. The number of rotatable bonds is 6. The average Bonchev–Trinajstić information content (AvgIpc) is 2.67. The highest BCUT2D eigenvalue weighted by Gasteiger charge is 2.10. The molecule has 5 heteroatoms. The van der Waals surface area contributed by atoms with Crippen LogP contribution in [-0.4, -0.2) is 30.6 Å². The van der Waals surface area contributed by atoms with Crippen molar-refractivity contribution in [1.82, 2.24) is 5.32 Å². The first-order chi connectivity index (χ1) is 13.0. The molecule has 0 saturated carbocycles. The molecule has 3 rings (SSSR count). The molecule has 0 heterocycles. The maximum atomic E-state index is 11.3. The van der Waals surface area contributed by atoms with Crippen molar-refractivity contribution >= 4 is 22.6 Å². The van der Waals surface area contributed by atoms with E-state index in [2.05, 4.69) is 5.32 Å². The van der Waals surface area contributed by atoms with E-state index in [1.807, 2.05) is 36.4 Å². The monoisotopic (exact) mass is 363 g/mol. The predicted molar refractivity (Wildman–Crippen MR) is 105 cm³/mol. The van der Waals surface area contributed by atoms with Crippen LogP contribution in [-0.2, 0) is 11.2 Å². The lowest BCUT2D eigenvalue weighted by Gasteiger charge is -2.13. The van der Waals surface area contributed by atoms with Crippen LogP contribution in [0.25, 0.3) is 21.9 Å². The molecule has 2 N–H and O–H groups in total. The van der Waals surface area contributed by atoms with Crippen LogP contribution in [0.3, 0.4) is 0 Å². The summed E-state index contributed by atoms with van der Waals surface area (Å²) in [5, 5.41) is 14.2. The van der Waals surface area contributed by atoms with Crippen LogP contribution in [0, 0.1) is 0 Å². The van der Waals surface area contributed by atoms with E-state index in [0.29, 0.717) is 13.0 Å². The van der Waals surface area contributed by atoms with Gasteiger partial charge in [-0.05, 0) is 64.2 Å². The van der Waals surface area contributed by atoms with E-state index in [1.54, 1.807) is 25.3 Å². The molecule has 0 spiro atoms. The molecular weight excluding hydrogens is 342 g/mol. The minimum Gasteiger partial charge on any atom is -0.497 e. The van der Waals surface area contributed by atoms with Gasteiger partial charge in [0.2, 0.25) is 5.91 Å². The molecule has 138 valence electrons. The number of benzene rings is 3. The first kappa shape index (κ1) is 18.5. The fourth-order valence-corrected chi connectivity index (χ4v) is 3.12. The second kappa shape index (κ2) is 7.91. The van der Waals surface area contributed by atoms with Crippen LogP contribution in [0.5, 0.6) is 5.75 Å². The number of hydrogen-bond acceptors (Lipinski definition) is 3. The summed E-state index contributed by atoms with van der Waals surface area (Å²) in [6.45, 7) is 2.02. The minimum absolute atomic E-state index is 0.0674. The highest BCUT2D eigenvalue weighted by Crippen LogP contribution is 2.31. The Morgan fingerprint density at radius 1 is 1.04 bits per heavy atom. The molecule has 0 aliphatic heterocycles. The minimum atomic E-state index is -0.951. The average molecular weight is 363 g/mol. The molecule has 0 aromatic heterocycles. The Morgan fingerprint density at radius 2 is 1.85 bits per heavy atom.